The van der Waals surface area contributed by atoms with E-state index in [1.165, 1.54) is 0 Å². The highest BCUT2D eigenvalue weighted by Crippen LogP contribution is 2.36. The van der Waals surface area contributed by atoms with Crippen molar-refractivity contribution in [3.05, 3.63) is 0 Å². The summed E-state index contributed by atoms with van der Waals surface area (Å²) in [7, 11) is 0. The summed E-state index contributed by atoms with van der Waals surface area (Å²) in [4.78, 5) is 0. The van der Waals surface area contributed by atoms with E-state index >= 15 is 0 Å². The SMILES string of the molecule is CC(C)(C)C(O)(Cl)Cl. The van der Waals surface area contributed by atoms with E-state index in [1.54, 1.807) is 20.8 Å². The van der Waals surface area contributed by atoms with E-state index in [0.717, 1.165) is 0 Å². The molecule has 0 unspecified atom stereocenters. The Morgan fingerprint density at radius 3 is 1.25 bits per heavy atom. The summed E-state index contributed by atoms with van der Waals surface area (Å²) in [6, 6.07) is 0. The van der Waals surface area contributed by atoms with E-state index in [0.29, 0.717) is 0 Å². The van der Waals surface area contributed by atoms with Crippen LogP contribution in [0.2, 0.25) is 0 Å². The second-order valence-electron chi connectivity index (χ2n) is 2.79. The fourth-order valence-electron chi connectivity index (χ4n) is 0. The van der Waals surface area contributed by atoms with Crippen LogP contribution in [-0.4, -0.2) is 9.63 Å². The van der Waals surface area contributed by atoms with Crippen LogP contribution in [-0.2, 0) is 0 Å². The third-order valence-electron chi connectivity index (χ3n) is 0.902. The van der Waals surface area contributed by atoms with E-state index in [-0.39, 0.29) is 0 Å². The first-order chi connectivity index (χ1) is 3.25. The molecule has 0 bridgehead atoms. The number of hydrogen-bond donors (Lipinski definition) is 1. The number of aliphatic hydroxyl groups is 1. The lowest BCUT2D eigenvalue weighted by Crippen LogP contribution is -2.30. The minimum Gasteiger partial charge on any atom is -0.362 e. The first kappa shape index (κ1) is 8.54. The van der Waals surface area contributed by atoms with Crippen LogP contribution in [0, 0.1) is 5.41 Å². The molecule has 1 N–H and O–H groups in total. The lowest BCUT2D eigenvalue weighted by atomic mass is 9.98. The molecule has 0 spiro atoms. The second kappa shape index (κ2) is 2.05. The Bertz CT molecular complexity index is 65.4. The molecule has 3 heteroatoms. The number of alkyl halides is 2. The van der Waals surface area contributed by atoms with Gasteiger partial charge in [0, 0.05) is 5.41 Å². The van der Waals surface area contributed by atoms with E-state index in [9.17, 15) is 0 Å². The zero-order valence-electron chi connectivity index (χ0n) is 5.20. The Balaban J connectivity index is 4.02. The maximum Gasteiger partial charge on any atom is 0.219 e. The van der Waals surface area contributed by atoms with Crippen molar-refractivity contribution in [3.63, 3.8) is 0 Å². The van der Waals surface area contributed by atoms with Gasteiger partial charge in [-0.15, -0.1) is 0 Å². The molecule has 0 aliphatic rings. The molecular formula is C5H10Cl2O. The highest BCUT2D eigenvalue weighted by atomic mass is 35.5. The molecule has 0 aliphatic heterocycles. The maximum atomic E-state index is 8.89. The molecule has 8 heavy (non-hydrogen) atoms. The molecule has 0 aliphatic carbocycles. The lowest BCUT2D eigenvalue weighted by Gasteiger charge is -2.27. The van der Waals surface area contributed by atoms with E-state index in [4.69, 9.17) is 28.3 Å². The monoisotopic (exact) mass is 156 g/mol. The van der Waals surface area contributed by atoms with Gasteiger partial charge < -0.3 is 5.11 Å². The summed E-state index contributed by atoms with van der Waals surface area (Å²) in [5.74, 6) is 0. The van der Waals surface area contributed by atoms with Crippen LogP contribution in [0.15, 0.2) is 0 Å². The molecule has 0 saturated heterocycles. The van der Waals surface area contributed by atoms with Gasteiger partial charge in [0.2, 0.25) is 4.52 Å². The van der Waals surface area contributed by atoms with Crippen molar-refractivity contribution in [2.45, 2.75) is 25.3 Å². The van der Waals surface area contributed by atoms with Gasteiger partial charge in [0.05, 0.1) is 0 Å². The Hall–Kier alpha value is 0.540. The third kappa shape index (κ3) is 2.21. The standard InChI is InChI=1S/C5H10Cl2O/c1-4(2,3)5(6,7)8/h8H,1-3H3. The number of halogens is 2. The molecule has 1 nitrogen and oxygen atoms in total. The molecule has 0 saturated carbocycles. The molecule has 0 heterocycles. The van der Waals surface area contributed by atoms with Gasteiger partial charge in [0.15, 0.2) is 0 Å². The summed E-state index contributed by atoms with van der Waals surface area (Å²) < 4.78 is -1.62. The zero-order valence-corrected chi connectivity index (χ0v) is 6.72. The van der Waals surface area contributed by atoms with Crippen LogP contribution in [0.4, 0.5) is 0 Å². The second-order valence-corrected chi connectivity index (χ2v) is 4.08. The quantitative estimate of drug-likeness (QED) is 0.534. The van der Waals surface area contributed by atoms with Crippen molar-refractivity contribution in [1.29, 1.82) is 0 Å². The largest absolute Gasteiger partial charge is 0.362 e. The summed E-state index contributed by atoms with van der Waals surface area (Å²) >= 11 is 10.7. The van der Waals surface area contributed by atoms with Gasteiger partial charge in [-0.2, -0.15) is 0 Å². The van der Waals surface area contributed by atoms with E-state index < -0.39 is 9.93 Å². The summed E-state index contributed by atoms with van der Waals surface area (Å²) in [6.45, 7) is 5.27. The van der Waals surface area contributed by atoms with Gasteiger partial charge >= 0.3 is 0 Å². The molecule has 0 aromatic rings. The van der Waals surface area contributed by atoms with Crippen LogP contribution in [0.5, 0.6) is 0 Å². The van der Waals surface area contributed by atoms with E-state index in [2.05, 4.69) is 0 Å². The van der Waals surface area contributed by atoms with Crippen LogP contribution in [0.3, 0.4) is 0 Å². The molecule has 0 fully saturated rings. The highest BCUT2D eigenvalue weighted by molar-refractivity contribution is 6.47. The molecule has 0 radical (unpaired) electrons. The molecule has 50 valence electrons. The topological polar surface area (TPSA) is 20.2 Å². The Morgan fingerprint density at radius 2 is 1.25 bits per heavy atom. The average molecular weight is 157 g/mol. The molecular weight excluding hydrogens is 147 g/mol. The third-order valence-corrected chi connectivity index (χ3v) is 2.04. The summed E-state index contributed by atoms with van der Waals surface area (Å²) in [5, 5.41) is 8.89. The van der Waals surface area contributed by atoms with Crippen molar-refractivity contribution < 1.29 is 5.11 Å². The van der Waals surface area contributed by atoms with Gasteiger partial charge in [-0.25, -0.2) is 0 Å². The maximum absolute atomic E-state index is 8.89. The van der Waals surface area contributed by atoms with Gasteiger partial charge in [-0.3, -0.25) is 0 Å². The van der Waals surface area contributed by atoms with Gasteiger partial charge in [0.25, 0.3) is 0 Å². The van der Waals surface area contributed by atoms with Crippen molar-refractivity contribution in [2.24, 2.45) is 5.41 Å². The van der Waals surface area contributed by atoms with Crippen LogP contribution >= 0.6 is 23.2 Å². The van der Waals surface area contributed by atoms with E-state index in [1.807, 2.05) is 0 Å². The van der Waals surface area contributed by atoms with Crippen molar-refractivity contribution in [2.75, 3.05) is 0 Å². The van der Waals surface area contributed by atoms with Crippen molar-refractivity contribution >= 4 is 23.2 Å². The highest BCUT2D eigenvalue weighted by Gasteiger charge is 2.35. The van der Waals surface area contributed by atoms with Crippen LogP contribution < -0.4 is 0 Å². The Morgan fingerprint density at radius 1 is 1.12 bits per heavy atom. The first-order valence-corrected chi connectivity index (χ1v) is 3.11. The summed E-state index contributed by atoms with van der Waals surface area (Å²) in [5.41, 5.74) is -0.476. The predicted octanol–water partition coefficient (Wildman–Crippen LogP) is 2.16. The molecule has 0 amide bonds. The summed E-state index contributed by atoms with van der Waals surface area (Å²) in [6.07, 6.45) is 0. The van der Waals surface area contributed by atoms with Gasteiger partial charge in [-0.1, -0.05) is 44.0 Å². The van der Waals surface area contributed by atoms with Gasteiger partial charge in [0.1, 0.15) is 0 Å². The fourth-order valence-corrected chi connectivity index (χ4v) is 0. The lowest BCUT2D eigenvalue weighted by molar-refractivity contribution is 0.0960. The minimum atomic E-state index is -1.62. The van der Waals surface area contributed by atoms with Crippen LogP contribution in [0.25, 0.3) is 0 Å². The first-order valence-electron chi connectivity index (χ1n) is 2.35. The van der Waals surface area contributed by atoms with Crippen molar-refractivity contribution in [1.82, 2.24) is 0 Å². The van der Waals surface area contributed by atoms with Crippen molar-refractivity contribution in [3.8, 4) is 0 Å². The van der Waals surface area contributed by atoms with Crippen LogP contribution in [0.1, 0.15) is 20.8 Å². The smallest absolute Gasteiger partial charge is 0.219 e. The molecule has 0 aromatic heterocycles. The van der Waals surface area contributed by atoms with Gasteiger partial charge in [-0.05, 0) is 0 Å². The fraction of sp³-hybridized carbons (Fsp3) is 1.00. The molecule has 0 aromatic carbocycles. The average Bonchev–Trinajstić information content (AvgIpc) is 1.25. The molecule has 0 rings (SSSR count). The Kier molecular flexibility index (Phi) is 2.19. The minimum absolute atomic E-state index is 0.476. The number of rotatable bonds is 0. The number of hydrogen-bond acceptors (Lipinski definition) is 1. The predicted molar refractivity (Wildman–Crippen MR) is 36.1 cm³/mol. The zero-order chi connectivity index (χ0) is 7.00. The normalized spacial score (nSPS) is 14.2. The Labute approximate surface area is 59.6 Å². The molecule has 0 atom stereocenters.